The summed E-state index contributed by atoms with van der Waals surface area (Å²) < 4.78 is 32.6. The van der Waals surface area contributed by atoms with Gasteiger partial charge >= 0.3 is 19.8 Å². The number of aliphatic hydroxyl groups excluding tert-OH is 3. The summed E-state index contributed by atoms with van der Waals surface area (Å²) in [5.41, 5.74) is 5.32. The van der Waals surface area contributed by atoms with Crippen LogP contribution in [-0.2, 0) is 32.7 Å². The Morgan fingerprint density at radius 1 is 0.808 bits per heavy atom. The molecule has 6 N–H and O–H groups in total. The number of nitrogens with two attached hydrogens (primary N) is 1. The summed E-state index contributed by atoms with van der Waals surface area (Å²) in [6.07, 6.45) is 24.2. The second-order valence-corrected chi connectivity index (χ2v) is 15.2. The smallest absolute Gasteiger partial charge is 0.462 e. The second kappa shape index (κ2) is 30.4. The number of carbonyl (C=O) groups is 2. The number of allylic oxidation sites excluding steroid dienone is 4. The van der Waals surface area contributed by atoms with Crippen LogP contribution in [-0.4, -0.2) is 82.9 Å². The van der Waals surface area contributed by atoms with Crippen LogP contribution in [0.15, 0.2) is 36.5 Å². The van der Waals surface area contributed by atoms with Gasteiger partial charge in [0, 0.05) is 31.7 Å². The van der Waals surface area contributed by atoms with Crippen LogP contribution in [0.25, 0.3) is 0 Å². The van der Waals surface area contributed by atoms with E-state index in [2.05, 4.69) is 26.0 Å². The lowest BCUT2D eigenvalue weighted by Gasteiger charge is -2.20. The molecule has 1 rings (SSSR count). The average Bonchev–Trinajstić information content (AvgIpc) is 3.38. The van der Waals surface area contributed by atoms with E-state index in [1.165, 1.54) is 12.8 Å². The lowest BCUT2D eigenvalue weighted by Crippen LogP contribution is -2.29. The second-order valence-electron chi connectivity index (χ2n) is 13.8. The number of rotatable bonds is 32. The largest absolute Gasteiger partial charge is 0.472 e. The topological polar surface area (TPSA) is 195 Å². The molecule has 1 unspecified atom stereocenters. The van der Waals surface area contributed by atoms with Crippen LogP contribution >= 0.6 is 7.82 Å². The summed E-state index contributed by atoms with van der Waals surface area (Å²) in [5.74, 6) is -1.44. The van der Waals surface area contributed by atoms with E-state index >= 15 is 0 Å². The molecule has 1 saturated carbocycles. The van der Waals surface area contributed by atoms with Crippen molar-refractivity contribution in [2.24, 2.45) is 17.6 Å². The van der Waals surface area contributed by atoms with Crippen LogP contribution in [0.1, 0.15) is 136 Å². The average molecular weight is 760 g/mol. The molecule has 0 aromatic carbocycles. The van der Waals surface area contributed by atoms with Gasteiger partial charge in [-0.1, -0.05) is 102 Å². The Bertz CT molecular complexity index is 1070. The lowest BCUT2D eigenvalue weighted by molar-refractivity contribution is -0.161. The molecule has 0 radical (unpaired) electrons. The maximum Gasteiger partial charge on any atom is 0.472 e. The summed E-state index contributed by atoms with van der Waals surface area (Å²) in [6, 6.07) is 0. The number of hydrogen-bond acceptors (Lipinski definition) is 11. The fourth-order valence-corrected chi connectivity index (χ4v) is 6.78. The molecule has 0 aromatic heterocycles. The fraction of sp³-hybridized carbons (Fsp3) is 0.795. The summed E-state index contributed by atoms with van der Waals surface area (Å²) in [4.78, 5) is 34.9. The molecule has 302 valence electrons. The van der Waals surface area contributed by atoms with Crippen molar-refractivity contribution in [1.82, 2.24) is 0 Å². The third-order valence-corrected chi connectivity index (χ3v) is 10.1. The predicted octanol–water partition coefficient (Wildman–Crippen LogP) is 6.98. The van der Waals surface area contributed by atoms with Crippen LogP contribution < -0.4 is 5.73 Å². The Balaban J connectivity index is 2.47. The lowest BCUT2D eigenvalue weighted by atomic mass is 9.89. The van der Waals surface area contributed by atoms with Gasteiger partial charge in [-0.2, -0.15) is 0 Å². The molecule has 0 heterocycles. The molecule has 0 spiro atoms. The Morgan fingerprint density at radius 3 is 2.19 bits per heavy atom. The van der Waals surface area contributed by atoms with Crippen LogP contribution in [0.2, 0.25) is 0 Å². The number of unbranched alkanes of at least 4 members (excludes halogenated alkanes) is 10. The van der Waals surface area contributed by atoms with Crippen LogP contribution in [0.3, 0.4) is 0 Å². The van der Waals surface area contributed by atoms with E-state index in [-0.39, 0.29) is 44.4 Å². The van der Waals surface area contributed by atoms with Crippen LogP contribution in [0, 0.1) is 11.8 Å². The minimum Gasteiger partial charge on any atom is -0.462 e. The minimum absolute atomic E-state index is 0.0164. The van der Waals surface area contributed by atoms with Gasteiger partial charge in [-0.15, -0.1) is 0 Å². The fourth-order valence-electron chi connectivity index (χ4n) is 6.02. The molecule has 7 atom stereocenters. The normalized spacial score (nSPS) is 21.6. The molecule has 52 heavy (non-hydrogen) atoms. The number of esters is 2. The van der Waals surface area contributed by atoms with Crippen LogP contribution in [0.5, 0.6) is 0 Å². The number of carbonyl (C=O) groups excluding carboxylic acids is 2. The zero-order valence-corrected chi connectivity index (χ0v) is 32.8. The molecule has 0 saturated heterocycles. The van der Waals surface area contributed by atoms with E-state index in [1.807, 2.05) is 18.2 Å². The Labute approximate surface area is 312 Å². The quantitative estimate of drug-likeness (QED) is 0.0205. The predicted molar refractivity (Wildman–Crippen MR) is 203 cm³/mol. The molecule has 13 heteroatoms. The zero-order valence-electron chi connectivity index (χ0n) is 31.9. The first-order valence-corrected chi connectivity index (χ1v) is 21.2. The number of phosphoric ester groups is 1. The SMILES string of the molecule is CCCC/C=C\CCCCCCCC(=O)O[C@H](COC(=O)CCC/C=C/C[C@@H]1[C@@H](/C=C/[C@@H](O)CCCCC)[C@H](O)C[C@@H]1O)COP(=O)(O)OCCN. The molecule has 0 bridgehead atoms. The van der Waals surface area contributed by atoms with Gasteiger partial charge in [0.1, 0.15) is 6.61 Å². The summed E-state index contributed by atoms with van der Waals surface area (Å²) >= 11 is 0. The Hall–Kier alpha value is -1.89. The van der Waals surface area contributed by atoms with Crippen molar-refractivity contribution in [2.75, 3.05) is 26.4 Å². The molecular formula is C39H70NO11P. The minimum atomic E-state index is -4.43. The first kappa shape index (κ1) is 48.1. The standard InChI is InChI=1S/C39H70NO11P/c1-3-5-7-8-9-10-11-12-13-14-20-24-39(45)51-33(31-50-52(46,47)49-28-27-40)30-48-38(44)23-19-16-15-18-22-34-35(37(43)29-36(34)42)26-25-32(41)21-17-6-4-2/h8-9,15,18,25-26,32-37,41-43H,3-7,10-14,16-17,19-24,27-31,40H2,1-2H3,(H,46,47)/b9-8-,18-15+,26-25+/t32-,33+,34+,35+,36-,37+/m0/s1. The first-order valence-electron chi connectivity index (χ1n) is 19.7. The highest BCUT2D eigenvalue weighted by atomic mass is 31.2. The van der Waals surface area contributed by atoms with Gasteiger partial charge in [0.05, 0.1) is 31.5 Å². The highest BCUT2D eigenvalue weighted by Crippen LogP contribution is 2.43. The molecule has 1 aliphatic carbocycles. The Morgan fingerprint density at radius 2 is 1.46 bits per heavy atom. The number of phosphoric acid groups is 1. The van der Waals surface area contributed by atoms with Crippen molar-refractivity contribution >= 4 is 19.8 Å². The van der Waals surface area contributed by atoms with Gasteiger partial charge in [-0.05, 0) is 57.3 Å². The molecule has 0 aromatic rings. The van der Waals surface area contributed by atoms with Crippen molar-refractivity contribution in [3.63, 3.8) is 0 Å². The molecule has 0 aliphatic heterocycles. The van der Waals surface area contributed by atoms with Crippen molar-refractivity contribution < 1.29 is 52.9 Å². The maximum atomic E-state index is 12.5. The number of ether oxygens (including phenoxy) is 2. The van der Waals surface area contributed by atoms with E-state index in [0.717, 1.165) is 57.8 Å². The zero-order chi connectivity index (χ0) is 38.5. The highest BCUT2D eigenvalue weighted by Gasteiger charge is 2.39. The van der Waals surface area contributed by atoms with Gasteiger partial charge < -0.3 is 35.4 Å². The van der Waals surface area contributed by atoms with Crippen molar-refractivity contribution in [3.05, 3.63) is 36.5 Å². The third kappa shape index (κ3) is 24.4. The summed E-state index contributed by atoms with van der Waals surface area (Å²) in [5, 5.41) is 31.2. The van der Waals surface area contributed by atoms with Crippen molar-refractivity contribution in [1.29, 1.82) is 0 Å². The van der Waals surface area contributed by atoms with Gasteiger partial charge in [0.25, 0.3) is 0 Å². The van der Waals surface area contributed by atoms with E-state index in [1.54, 1.807) is 6.08 Å². The van der Waals surface area contributed by atoms with Crippen molar-refractivity contribution in [3.8, 4) is 0 Å². The monoisotopic (exact) mass is 759 g/mol. The third-order valence-electron chi connectivity index (χ3n) is 9.07. The molecule has 12 nitrogen and oxygen atoms in total. The van der Waals surface area contributed by atoms with E-state index in [4.69, 9.17) is 24.3 Å². The molecular weight excluding hydrogens is 689 g/mol. The number of aliphatic hydroxyl groups is 3. The van der Waals surface area contributed by atoms with E-state index in [9.17, 15) is 34.4 Å². The van der Waals surface area contributed by atoms with Crippen molar-refractivity contribution in [2.45, 2.75) is 160 Å². The summed E-state index contributed by atoms with van der Waals surface area (Å²) in [7, 11) is -4.43. The van der Waals surface area contributed by atoms with E-state index in [0.29, 0.717) is 38.5 Å². The van der Waals surface area contributed by atoms with Gasteiger partial charge in [0.15, 0.2) is 6.10 Å². The molecule has 1 fully saturated rings. The van der Waals surface area contributed by atoms with Gasteiger partial charge in [-0.3, -0.25) is 18.6 Å². The van der Waals surface area contributed by atoms with Gasteiger partial charge in [0.2, 0.25) is 0 Å². The summed E-state index contributed by atoms with van der Waals surface area (Å²) in [6.45, 7) is 3.28. The number of hydrogen-bond donors (Lipinski definition) is 5. The Kier molecular flexibility index (Phi) is 28.2. The van der Waals surface area contributed by atoms with E-state index < -0.39 is 50.8 Å². The molecule has 0 amide bonds. The first-order chi connectivity index (χ1) is 25.0. The van der Waals surface area contributed by atoms with Crippen LogP contribution in [0.4, 0.5) is 0 Å². The maximum absolute atomic E-state index is 12.5. The van der Waals surface area contributed by atoms with Gasteiger partial charge in [-0.25, -0.2) is 4.57 Å². The highest BCUT2D eigenvalue weighted by molar-refractivity contribution is 7.47. The molecule has 1 aliphatic rings.